The van der Waals surface area contributed by atoms with Gasteiger partial charge in [-0.1, -0.05) is 77.0 Å². The van der Waals surface area contributed by atoms with Crippen LogP contribution in [0.25, 0.3) is 0 Å². The van der Waals surface area contributed by atoms with Crippen LogP contribution in [-0.2, 0) is 54.3 Å². The maximum absolute atomic E-state index is 12.8. The van der Waals surface area contributed by atoms with Crippen molar-refractivity contribution in [2.24, 2.45) is 11.7 Å². The van der Waals surface area contributed by atoms with Gasteiger partial charge in [-0.25, -0.2) is 4.98 Å². The Morgan fingerprint density at radius 2 is 1.46 bits per heavy atom. The number of nitrogens with zero attached hydrogens (tertiary/aromatic N) is 2. The zero-order valence-electron chi connectivity index (χ0n) is 38.3. The van der Waals surface area contributed by atoms with Crippen LogP contribution >= 0.6 is 11.8 Å². The second kappa shape index (κ2) is 34.9. The quantitative estimate of drug-likeness (QED) is 0.0364. The number of aromatic amines is 1. The molecule has 4 atom stereocenters. The number of unbranched alkanes of at least 4 members (excludes halogenated alkanes) is 13. The number of nitrogens with two attached hydrogens (primary N) is 1. The van der Waals surface area contributed by atoms with Crippen LogP contribution in [0.3, 0.4) is 0 Å². The zero-order valence-corrected chi connectivity index (χ0v) is 39.1. The van der Waals surface area contributed by atoms with E-state index >= 15 is 0 Å². The highest BCUT2D eigenvalue weighted by Crippen LogP contribution is 2.26. The van der Waals surface area contributed by atoms with E-state index in [1.165, 1.54) is 74.9 Å². The van der Waals surface area contributed by atoms with E-state index in [1.807, 2.05) is 0 Å². The molecule has 1 aromatic rings. The van der Waals surface area contributed by atoms with Crippen LogP contribution in [0.4, 0.5) is 0 Å². The summed E-state index contributed by atoms with van der Waals surface area (Å²) in [5.74, 6) is -4.00. The normalized spacial score (nSPS) is 15.1. The number of nitrogens with one attached hydrogen (secondary N) is 4. The minimum absolute atomic E-state index is 0.00629. The lowest BCUT2D eigenvalue weighted by molar-refractivity contribution is -0.144. The smallest absolute Gasteiger partial charge is 0.306 e. The average Bonchev–Trinajstić information content (AvgIpc) is 3.88. The molecule has 0 saturated carbocycles. The van der Waals surface area contributed by atoms with Crippen molar-refractivity contribution in [1.29, 1.82) is 0 Å². The number of Topliss-reactive ketones (excluding diaryl/α,β-unsaturated/α-hetero) is 1. The van der Waals surface area contributed by atoms with Crippen LogP contribution in [0.5, 0.6) is 0 Å². The Hall–Kier alpha value is -4.40. The van der Waals surface area contributed by atoms with E-state index in [1.54, 1.807) is 6.20 Å². The SMILES string of the molecule is C[C@@H](NC(=O)[C@@H](N)Cc1cnc[nH]1)C(=O)C[C@@H](CCCCNC(=O)COCCOCCNC(=O)CCN1C(=O)CC(SCCCCCCCCCCCCCCCC(=O)O)C1=O)C(=O)O. The second-order valence-corrected chi connectivity index (χ2v) is 17.9. The lowest BCUT2D eigenvalue weighted by Crippen LogP contribution is -2.48. The van der Waals surface area contributed by atoms with E-state index < -0.39 is 41.6 Å². The summed E-state index contributed by atoms with van der Waals surface area (Å²) in [6.45, 7) is 2.40. The number of likely N-dealkylation sites (tertiary alicyclic amines) is 1. The van der Waals surface area contributed by atoms with Crippen molar-refractivity contribution in [1.82, 2.24) is 30.8 Å². The van der Waals surface area contributed by atoms with Gasteiger partial charge in [0.15, 0.2) is 5.78 Å². The van der Waals surface area contributed by atoms with Crippen LogP contribution in [0.15, 0.2) is 12.5 Å². The third-order valence-corrected chi connectivity index (χ3v) is 12.4. The number of aliphatic carboxylic acids is 2. The fourth-order valence-electron chi connectivity index (χ4n) is 7.17. The Kier molecular flexibility index (Phi) is 30.4. The molecular weight excluding hydrogens is 863 g/mol. The van der Waals surface area contributed by atoms with Gasteiger partial charge in [0.2, 0.25) is 29.5 Å². The summed E-state index contributed by atoms with van der Waals surface area (Å²) in [7, 11) is 0. The molecule has 0 bridgehead atoms. The van der Waals surface area contributed by atoms with Gasteiger partial charge in [-0.2, -0.15) is 0 Å². The molecule has 5 amide bonds. The predicted molar refractivity (Wildman–Crippen MR) is 245 cm³/mol. The van der Waals surface area contributed by atoms with Crippen LogP contribution in [0.1, 0.15) is 141 Å². The molecule has 8 N–H and O–H groups in total. The molecule has 1 fully saturated rings. The molecule has 1 aromatic heterocycles. The number of rotatable bonds is 41. The number of ketones is 1. The highest BCUT2D eigenvalue weighted by molar-refractivity contribution is 8.00. The van der Waals surface area contributed by atoms with Crippen molar-refractivity contribution in [2.75, 3.05) is 51.8 Å². The number of ether oxygens (including phenoxy) is 2. The van der Waals surface area contributed by atoms with Crippen molar-refractivity contribution < 1.29 is 58.0 Å². The number of hydrogen-bond acceptors (Lipinski definition) is 13. The van der Waals surface area contributed by atoms with Crippen LogP contribution < -0.4 is 21.7 Å². The largest absolute Gasteiger partial charge is 0.481 e. The molecule has 0 spiro atoms. The van der Waals surface area contributed by atoms with E-state index in [0.717, 1.165) is 44.3 Å². The van der Waals surface area contributed by atoms with Gasteiger partial charge in [0, 0.05) is 63.6 Å². The van der Waals surface area contributed by atoms with Gasteiger partial charge >= 0.3 is 11.9 Å². The molecular formula is C45H75N7O12S. The number of thioether (sulfide) groups is 1. The summed E-state index contributed by atoms with van der Waals surface area (Å²) in [6, 6.07) is -1.81. The van der Waals surface area contributed by atoms with Gasteiger partial charge < -0.3 is 46.4 Å². The topological polar surface area (TPSA) is 290 Å². The molecule has 0 aliphatic carbocycles. The Morgan fingerprint density at radius 3 is 2.09 bits per heavy atom. The van der Waals surface area contributed by atoms with Crippen LogP contribution in [0.2, 0.25) is 0 Å². The molecule has 1 aliphatic rings. The van der Waals surface area contributed by atoms with Crippen molar-refractivity contribution in [2.45, 2.75) is 159 Å². The number of H-pyrrole nitrogens is 1. The number of carboxylic acids is 2. The molecule has 0 aromatic carbocycles. The van der Waals surface area contributed by atoms with Gasteiger partial charge in [0.1, 0.15) is 6.61 Å². The van der Waals surface area contributed by atoms with E-state index in [2.05, 4.69) is 25.9 Å². The molecule has 1 aliphatic heterocycles. The molecule has 1 unspecified atom stereocenters. The molecule has 19 nitrogen and oxygen atoms in total. The number of imide groups is 1. The van der Waals surface area contributed by atoms with Crippen LogP contribution in [-0.4, -0.2) is 141 Å². The molecule has 20 heteroatoms. The Morgan fingerprint density at radius 1 is 0.831 bits per heavy atom. The van der Waals surface area contributed by atoms with Crippen LogP contribution in [0, 0.1) is 5.92 Å². The predicted octanol–water partition coefficient (Wildman–Crippen LogP) is 3.68. The number of aromatic nitrogens is 2. The third kappa shape index (κ3) is 27.0. The minimum atomic E-state index is -1.12. The summed E-state index contributed by atoms with van der Waals surface area (Å²) in [4.78, 5) is 105. The third-order valence-electron chi connectivity index (χ3n) is 11.1. The number of imidazole rings is 1. The zero-order chi connectivity index (χ0) is 47.7. The first-order valence-electron chi connectivity index (χ1n) is 23.4. The van der Waals surface area contributed by atoms with Gasteiger partial charge in [0.05, 0.1) is 49.4 Å². The lowest BCUT2D eigenvalue weighted by Gasteiger charge is -2.18. The fraction of sp³-hybridized carbons (Fsp3) is 0.756. The van der Waals surface area contributed by atoms with Crippen molar-refractivity contribution >= 4 is 59.0 Å². The number of carbonyl (C=O) groups excluding carboxylic acids is 6. The number of amides is 5. The summed E-state index contributed by atoms with van der Waals surface area (Å²) >= 11 is 1.53. The number of hydrogen-bond donors (Lipinski definition) is 7. The fourth-order valence-corrected chi connectivity index (χ4v) is 8.35. The maximum Gasteiger partial charge on any atom is 0.306 e. The van der Waals surface area contributed by atoms with Crippen molar-refractivity contribution in [3.63, 3.8) is 0 Å². The number of carboxylic acid groups (broad SMARTS) is 2. The maximum atomic E-state index is 12.8. The molecule has 2 rings (SSSR count). The highest BCUT2D eigenvalue weighted by atomic mass is 32.2. The van der Waals surface area contributed by atoms with E-state index in [4.69, 9.17) is 20.3 Å². The molecule has 0 radical (unpaired) electrons. The summed E-state index contributed by atoms with van der Waals surface area (Å²) < 4.78 is 10.8. The standard InChI is InChI=1S/C45H75N7O12S/c1-33(51-43(59)36(46)28-35-30-47-32-50-35)37(53)27-34(45(61)62)17-14-15-20-48-40(55)31-64-25-24-63-23-21-49-39(54)19-22-52-41(56)29-38(44(52)60)65-26-16-12-10-8-6-4-2-3-5-7-9-11-13-18-42(57)58/h30,32-34,36,38H,2-29,31,46H2,1H3,(H,47,50)(H,48,55)(H,49,54)(H,51,59)(H,57,58)(H,61,62)/t33-,34-,36+,38?/m1/s1. The monoisotopic (exact) mass is 938 g/mol. The molecule has 65 heavy (non-hydrogen) atoms. The second-order valence-electron chi connectivity index (χ2n) is 16.6. The van der Waals surface area contributed by atoms with Crippen molar-refractivity contribution in [3.8, 4) is 0 Å². The Bertz CT molecular complexity index is 1580. The van der Waals surface area contributed by atoms with E-state index in [9.17, 15) is 43.5 Å². The lowest BCUT2D eigenvalue weighted by atomic mass is 9.94. The summed E-state index contributed by atoms with van der Waals surface area (Å²) in [5, 5.41) is 25.9. The van der Waals surface area contributed by atoms with E-state index in [0.29, 0.717) is 25.1 Å². The first-order chi connectivity index (χ1) is 31.3. The molecule has 1 saturated heterocycles. The summed E-state index contributed by atoms with van der Waals surface area (Å²) in [6.07, 6.45) is 19.3. The van der Waals surface area contributed by atoms with Gasteiger partial charge in [-0.15, -0.1) is 11.8 Å². The molecule has 2 heterocycles. The average molecular weight is 938 g/mol. The van der Waals surface area contributed by atoms with Crippen molar-refractivity contribution in [3.05, 3.63) is 18.2 Å². The number of carbonyl (C=O) groups is 8. The summed E-state index contributed by atoms with van der Waals surface area (Å²) in [5.41, 5.74) is 6.58. The first-order valence-corrected chi connectivity index (χ1v) is 24.5. The Balaban J connectivity index is 1.41. The van der Waals surface area contributed by atoms with Gasteiger partial charge in [0.25, 0.3) is 0 Å². The Labute approximate surface area is 387 Å². The van der Waals surface area contributed by atoms with E-state index in [-0.39, 0.29) is 107 Å². The molecule has 368 valence electrons. The van der Waals surface area contributed by atoms with Gasteiger partial charge in [-0.05, 0) is 38.4 Å². The highest BCUT2D eigenvalue weighted by Gasteiger charge is 2.38. The minimum Gasteiger partial charge on any atom is -0.481 e. The first kappa shape index (κ1) is 56.7. The van der Waals surface area contributed by atoms with Gasteiger partial charge in [-0.3, -0.25) is 43.3 Å².